The average molecular weight is 1080 g/mol. The lowest BCUT2D eigenvalue weighted by Gasteiger charge is -2.40. The number of benzene rings is 1. The summed E-state index contributed by atoms with van der Waals surface area (Å²) < 4.78 is 27.3. The molecular formula is C59H104N2O15. The van der Waals surface area contributed by atoms with E-state index in [1.807, 2.05) is 0 Å². The minimum Gasteiger partial charge on any atom is -0.460 e. The second-order valence-corrected chi connectivity index (χ2v) is 21.3. The van der Waals surface area contributed by atoms with Crippen LogP contribution in [-0.4, -0.2) is 117 Å². The lowest BCUT2D eigenvalue weighted by atomic mass is 9.98. The van der Waals surface area contributed by atoms with Crippen LogP contribution in [0.3, 0.4) is 0 Å². The van der Waals surface area contributed by atoms with Gasteiger partial charge in [0.05, 0.1) is 29.7 Å². The van der Waals surface area contributed by atoms with Crippen molar-refractivity contribution in [3.63, 3.8) is 0 Å². The molecular weight excluding hydrogens is 977 g/mol. The molecule has 0 aliphatic carbocycles. The maximum Gasteiger partial charge on any atom is 0.410 e. The monoisotopic (exact) mass is 1080 g/mol. The Kier molecular flexibility index (Phi) is 41.0. The Balaban J connectivity index is 1.90. The molecule has 1 aliphatic heterocycles. The van der Waals surface area contributed by atoms with E-state index in [9.17, 15) is 50.0 Å². The third kappa shape index (κ3) is 32.5. The van der Waals surface area contributed by atoms with Gasteiger partial charge in [-0.15, -0.1) is 0 Å². The topological polar surface area (TPSA) is 254 Å². The van der Waals surface area contributed by atoms with E-state index >= 15 is 0 Å². The molecule has 8 atom stereocenters. The lowest BCUT2D eigenvalue weighted by molar-refractivity contribution is -0.384. The molecule has 0 saturated carbocycles. The van der Waals surface area contributed by atoms with E-state index < -0.39 is 91.9 Å². The lowest BCUT2D eigenvalue weighted by Crippen LogP contribution is -2.60. The Morgan fingerprint density at radius 1 is 0.605 bits per heavy atom. The first-order valence-electron chi connectivity index (χ1n) is 30.1. The van der Waals surface area contributed by atoms with Gasteiger partial charge in [0.2, 0.25) is 6.79 Å². The van der Waals surface area contributed by atoms with E-state index in [4.69, 9.17) is 23.7 Å². The molecule has 1 heterocycles. The molecule has 1 aliphatic rings. The van der Waals surface area contributed by atoms with Gasteiger partial charge in [-0.2, -0.15) is 0 Å². The van der Waals surface area contributed by atoms with Crippen molar-refractivity contribution in [3.8, 4) is 0 Å². The predicted octanol–water partition coefficient (Wildman–Crippen LogP) is 12.4. The molecule has 0 spiro atoms. The van der Waals surface area contributed by atoms with Crippen molar-refractivity contribution in [2.24, 2.45) is 0 Å². The number of hydrogen-bond acceptors (Lipinski definition) is 15. The van der Waals surface area contributed by atoms with E-state index in [1.54, 1.807) is 0 Å². The Morgan fingerprint density at radius 3 is 1.45 bits per heavy atom. The SMILES string of the molecule is CCCCCCCCCCCCCCCCCCCCCCCCCC(=O)O[C@H](CCCCCCCCCCCCCC)[C@@H](O)[C@H](CO[C@H]1O[C@H](CO)[C@H](O)[C@H](O)[C@H]1O)NC(=O)OCOC(=O)c1ccc([N+](=O)[O-])cc1. The molecule has 0 bridgehead atoms. The number of carbonyl (C=O) groups excluding carboxylic acids is 3. The zero-order valence-corrected chi connectivity index (χ0v) is 47.0. The van der Waals surface area contributed by atoms with Crippen molar-refractivity contribution in [1.29, 1.82) is 0 Å². The summed E-state index contributed by atoms with van der Waals surface area (Å²) in [5, 5.41) is 66.5. The number of hydrogen-bond donors (Lipinski definition) is 6. The minimum absolute atomic E-state index is 0.0332. The number of nitrogens with zero attached hydrogens (tertiary/aromatic N) is 1. The summed E-state index contributed by atoms with van der Waals surface area (Å²) in [7, 11) is 0. The van der Waals surface area contributed by atoms with Gasteiger partial charge in [-0.05, 0) is 31.4 Å². The normalized spacial score (nSPS) is 18.7. The Hall–Kier alpha value is -3.45. The number of esters is 2. The van der Waals surface area contributed by atoms with Crippen molar-refractivity contribution >= 4 is 23.7 Å². The highest BCUT2D eigenvalue weighted by Gasteiger charge is 2.45. The summed E-state index contributed by atoms with van der Waals surface area (Å²) in [5.41, 5.74) is -0.268. The van der Waals surface area contributed by atoms with Crippen LogP contribution in [0.2, 0.25) is 0 Å². The molecule has 6 N–H and O–H groups in total. The fourth-order valence-electron chi connectivity index (χ4n) is 9.79. The predicted molar refractivity (Wildman–Crippen MR) is 295 cm³/mol. The number of aliphatic hydroxyl groups is 5. The van der Waals surface area contributed by atoms with Crippen LogP contribution in [0, 0.1) is 10.1 Å². The van der Waals surface area contributed by atoms with Crippen LogP contribution < -0.4 is 5.32 Å². The molecule has 1 amide bonds. The number of rotatable bonds is 49. The highest BCUT2D eigenvalue weighted by molar-refractivity contribution is 5.89. The molecule has 0 aromatic heterocycles. The fourth-order valence-corrected chi connectivity index (χ4v) is 9.79. The standard InChI is InChI=1S/C59H104N2O15/c1-3-5-7-9-11-13-15-17-18-19-20-21-22-23-24-25-26-27-29-31-33-35-37-39-52(63)75-50(38-36-34-32-30-28-16-14-12-10-8-6-4-2)53(64)49(45-72-58-56(67)55(66)54(65)51(44-62)76-58)60-59(69)74-46-73-57(68)47-40-42-48(43-41-47)61(70)71/h40-43,49-51,53-56,58,62,64-67H,3-39,44-46H2,1-2H3,(H,60,69)/t49-,50+,51+,53-,54-,55-,56+,58-/m0/s1. The summed E-state index contributed by atoms with van der Waals surface area (Å²) in [4.78, 5) is 49.5. The Morgan fingerprint density at radius 2 is 1.03 bits per heavy atom. The van der Waals surface area contributed by atoms with Gasteiger partial charge >= 0.3 is 18.0 Å². The second-order valence-electron chi connectivity index (χ2n) is 21.3. The van der Waals surface area contributed by atoms with E-state index in [1.165, 1.54) is 179 Å². The van der Waals surface area contributed by atoms with Gasteiger partial charge in [-0.1, -0.05) is 226 Å². The molecule has 17 nitrogen and oxygen atoms in total. The maximum atomic E-state index is 13.4. The number of amides is 1. The van der Waals surface area contributed by atoms with Gasteiger partial charge in [-0.25, -0.2) is 9.59 Å². The summed E-state index contributed by atoms with van der Waals surface area (Å²) in [6, 6.07) is 3.22. The van der Waals surface area contributed by atoms with Crippen LogP contribution in [0.5, 0.6) is 0 Å². The number of aliphatic hydroxyl groups excluding tert-OH is 5. The fraction of sp³-hybridized carbons (Fsp3) is 0.847. The van der Waals surface area contributed by atoms with Crippen LogP contribution in [0.1, 0.15) is 262 Å². The minimum atomic E-state index is -1.78. The van der Waals surface area contributed by atoms with Crippen LogP contribution in [-0.2, 0) is 28.5 Å². The second kappa shape index (κ2) is 45.4. The zero-order chi connectivity index (χ0) is 55.4. The summed E-state index contributed by atoms with van der Waals surface area (Å²) >= 11 is 0. The van der Waals surface area contributed by atoms with Crippen LogP contribution in [0.15, 0.2) is 24.3 Å². The van der Waals surface area contributed by atoms with E-state index in [-0.39, 0.29) is 24.1 Å². The Labute approximate surface area is 456 Å². The molecule has 1 saturated heterocycles. The first kappa shape index (κ1) is 68.7. The van der Waals surface area contributed by atoms with Gasteiger partial charge in [0.1, 0.15) is 36.6 Å². The van der Waals surface area contributed by atoms with Crippen molar-refractivity contribution in [2.45, 2.75) is 300 Å². The molecule has 1 aromatic carbocycles. The third-order valence-corrected chi connectivity index (χ3v) is 14.7. The number of non-ortho nitro benzene ring substituents is 1. The molecule has 76 heavy (non-hydrogen) atoms. The van der Waals surface area contributed by atoms with Crippen molar-refractivity contribution in [2.75, 3.05) is 20.0 Å². The van der Waals surface area contributed by atoms with Gasteiger partial charge in [-0.3, -0.25) is 14.9 Å². The molecule has 0 radical (unpaired) electrons. The van der Waals surface area contributed by atoms with E-state index in [2.05, 4.69) is 19.2 Å². The number of nitro benzene ring substituents is 1. The average Bonchev–Trinajstić information content (AvgIpc) is 3.41. The third-order valence-electron chi connectivity index (χ3n) is 14.7. The number of alkyl carbamates (subject to hydrolysis) is 1. The first-order valence-corrected chi connectivity index (χ1v) is 30.1. The molecule has 440 valence electrons. The molecule has 1 aromatic rings. The van der Waals surface area contributed by atoms with Crippen LogP contribution in [0.25, 0.3) is 0 Å². The Bertz CT molecular complexity index is 1600. The largest absolute Gasteiger partial charge is 0.460 e. The van der Waals surface area contributed by atoms with Crippen molar-refractivity contribution in [1.82, 2.24) is 5.32 Å². The highest BCUT2D eigenvalue weighted by Crippen LogP contribution is 2.25. The first-order chi connectivity index (χ1) is 36.9. The molecule has 17 heteroatoms. The van der Waals surface area contributed by atoms with E-state index in [0.29, 0.717) is 12.8 Å². The summed E-state index contributed by atoms with van der Waals surface area (Å²) in [6.45, 7) is 2.30. The van der Waals surface area contributed by atoms with Gasteiger partial charge in [0.25, 0.3) is 5.69 Å². The number of carbonyl (C=O) groups is 3. The molecule has 2 rings (SSSR count). The van der Waals surface area contributed by atoms with Gasteiger partial charge in [0, 0.05) is 18.6 Å². The van der Waals surface area contributed by atoms with Crippen LogP contribution in [0.4, 0.5) is 10.5 Å². The number of unbranched alkanes of at least 4 members (excludes halogenated alkanes) is 33. The van der Waals surface area contributed by atoms with Crippen molar-refractivity contribution < 1.29 is 68.5 Å². The summed E-state index contributed by atoms with van der Waals surface area (Å²) in [6.07, 6.45) is 30.9. The zero-order valence-electron chi connectivity index (χ0n) is 47.0. The molecule has 0 unspecified atom stereocenters. The van der Waals surface area contributed by atoms with Crippen molar-refractivity contribution in [3.05, 3.63) is 39.9 Å². The number of nitrogens with one attached hydrogen (secondary N) is 1. The smallest absolute Gasteiger partial charge is 0.410 e. The quantitative estimate of drug-likeness (QED) is 0.0117. The van der Waals surface area contributed by atoms with E-state index in [0.717, 1.165) is 57.1 Å². The maximum absolute atomic E-state index is 13.4. The van der Waals surface area contributed by atoms with Gasteiger partial charge in [0.15, 0.2) is 6.29 Å². The number of nitro groups is 1. The highest BCUT2D eigenvalue weighted by atomic mass is 16.7. The van der Waals surface area contributed by atoms with Gasteiger partial charge < -0.3 is 54.5 Å². The van der Waals surface area contributed by atoms with Crippen LogP contribution >= 0.6 is 0 Å². The summed E-state index contributed by atoms with van der Waals surface area (Å²) in [5.74, 6) is -1.43. The number of ether oxygens (including phenoxy) is 5. The molecule has 1 fully saturated rings.